The average molecular weight is 728 g/mol. The first-order valence-corrected chi connectivity index (χ1v) is 18.1. The Bertz CT molecular complexity index is 1830. The van der Waals surface area contributed by atoms with Crippen LogP contribution >= 0.6 is 11.6 Å². The van der Waals surface area contributed by atoms with Gasteiger partial charge in [-0.2, -0.15) is 0 Å². The highest BCUT2D eigenvalue weighted by atomic mass is 35.5. The highest BCUT2D eigenvalue weighted by Gasteiger charge is 2.46. The highest BCUT2D eigenvalue weighted by Crippen LogP contribution is 2.43. The minimum absolute atomic E-state index is 0.0467. The van der Waals surface area contributed by atoms with Crippen molar-refractivity contribution in [2.45, 2.75) is 57.3 Å². The molecule has 268 valence electrons. The molecule has 0 saturated heterocycles. The Morgan fingerprint density at radius 1 is 1.12 bits per heavy atom. The summed E-state index contributed by atoms with van der Waals surface area (Å²) in [6.07, 6.45) is 1.76. The summed E-state index contributed by atoms with van der Waals surface area (Å²) in [5.74, 6) is -1.61. The lowest BCUT2D eigenvalue weighted by atomic mass is 9.69. The number of nitrogens with one attached hydrogen (secondary N) is 1. The molecule has 1 unspecified atom stereocenters. The van der Waals surface area contributed by atoms with Gasteiger partial charge in [0.25, 0.3) is 5.91 Å². The topological polar surface area (TPSA) is 156 Å². The second-order valence-corrected chi connectivity index (χ2v) is 14.7. The van der Waals surface area contributed by atoms with Gasteiger partial charge in [0.15, 0.2) is 12.0 Å². The van der Waals surface area contributed by atoms with Gasteiger partial charge in [0, 0.05) is 30.9 Å². The van der Waals surface area contributed by atoms with Crippen LogP contribution in [0.4, 0.5) is 10.5 Å². The van der Waals surface area contributed by atoms with E-state index in [1.807, 2.05) is 18.2 Å². The molecule has 4 atom stereocenters. The van der Waals surface area contributed by atoms with Crippen LogP contribution in [0.5, 0.6) is 5.75 Å². The SMILES string of the molecule is C=CC[C@H](C)CS(=O)(=NC(=O)c1ccc(OC[C@@]2(C(OC)OC)CCCc3cc(Cl)ccc32)c([N+](=O)[O-])c1)NC(=O)O[C@@H](C)c1ccccc1. The van der Waals surface area contributed by atoms with Gasteiger partial charge in [-0.1, -0.05) is 61.0 Å². The molecule has 0 aromatic heterocycles. The number of fused-ring (bicyclic) bond motifs is 1. The first-order chi connectivity index (χ1) is 23.8. The van der Waals surface area contributed by atoms with E-state index in [1.165, 1.54) is 26.4 Å². The maximum atomic E-state index is 14.0. The lowest BCUT2D eigenvalue weighted by Crippen LogP contribution is -2.49. The van der Waals surface area contributed by atoms with Crippen molar-refractivity contribution in [1.82, 2.24) is 4.72 Å². The molecule has 3 aromatic carbocycles. The molecule has 50 heavy (non-hydrogen) atoms. The van der Waals surface area contributed by atoms with Gasteiger partial charge in [-0.05, 0) is 79.5 Å². The molecule has 0 fully saturated rings. The molecule has 0 bridgehead atoms. The molecule has 1 aliphatic carbocycles. The smallest absolute Gasteiger partial charge is 0.420 e. The van der Waals surface area contributed by atoms with Crippen LogP contribution in [0.2, 0.25) is 5.02 Å². The van der Waals surface area contributed by atoms with E-state index in [9.17, 15) is 23.9 Å². The summed E-state index contributed by atoms with van der Waals surface area (Å²) in [6.45, 7) is 7.06. The number of nitro benzene ring substituents is 1. The van der Waals surface area contributed by atoms with E-state index in [4.69, 9.17) is 30.5 Å². The molecule has 4 rings (SSSR count). The van der Waals surface area contributed by atoms with Crippen molar-refractivity contribution in [2.24, 2.45) is 10.3 Å². The number of rotatable bonds is 15. The van der Waals surface area contributed by atoms with Crippen LogP contribution in [-0.2, 0) is 36.0 Å². The summed E-state index contributed by atoms with van der Waals surface area (Å²) < 4.78 is 43.2. The number of hydrogen-bond donors (Lipinski definition) is 1. The fraction of sp³-hybridized carbons (Fsp3) is 0.389. The number of carbonyl (C=O) groups excluding carboxylic acids is 2. The molecule has 2 amide bonds. The minimum Gasteiger partial charge on any atom is -0.486 e. The van der Waals surface area contributed by atoms with E-state index in [-0.39, 0.29) is 29.6 Å². The Morgan fingerprint density at radius 2 is 1.84 bits per heavy atom. The predicted octanol–water partition coefficient (Wildman–Crippen LogP) is 7.74. The summed E-state index contributed by atoms with van der Waals surface area (Å²) in [6, 6.07) is 18.1. The summed E-state index contributed by atoms with van der Waals surface area (Å²) >= 11 is 6.28. The van der Waals surface area contributed by atoms with Crippen LogP contribution in [-0.4, -0.2) is 54.0 Å². The lowest BCUT2D eigenvalue weighted by molar-refractivity contribution is -0.386. The number of allylic oxidation sites excluding steroid dienone is 1. The third kappa shape index (κ3) is 9.27. The third-order valence-electron chi connectivity index (χ3n) is 8.55. The van der Waals surface area contributed by atoms with Crippen molar-refractivity contribution >= 4 is 39.2 Å². The summed E-state index contributed by atoms with van der Waals surface area (Å²) in [7, 11) is -0.713. The fourth-order valence-electron chi connectivity index (χ4n) is 6.25. The molecule has 0 aliphatic heterocycles. The average Bonchev–Trinajstić information content (AvgIpc) is 3.07. The first-order valence-electron chi connectivity index (χ1n) is 16.0. The number of nitro groups is 1. The van der Waals surface area contributed by atoms with E-state index >= 15 is 0 Å². The van der Waals surface area contributed by atoms with Crippen molar-refractivity contribution in [1.29, 1.82) is 0 Å². The standard InChI is InChI=1S/C36H42ClN3O9S/c1-6-11-24(2)22-50(45,39-35(42)49-25(3)26-12-8-7-9-13-26)38-33(41)28-15-18-32(31(21-28)40(43)44)48-23-36(34(46-4)47-5)19-10-14-27-20-29(37)16-17-30(27)36/h6-9,12-13,15-18,20-21,24-25,34H,1,10-11,14,19,22-23H2,2-5H3,(H,38,39,41,42,45)/t24-,25-,36-,50?/m0/s1. The monoisotopic (exact) mass is 727 g/mol. The second-order valence-electron chi connectivity index (χ2n) is 12.2. The van der Waals surface area contributed by atoms with E-state index in [0.717, 1.165) is 30.0 Å². The largest absolute Gasteiger partial charge is 0.486 e. The van der Waals surface area contributed by atoms with Crippen LogP contribution in [0.1, 0.15) is 66.3 Å². The van der Waals surface area contributed by atoms with E-state index in [0.29, 0.717) is 23.4 Å². The van der Waals surface area contributed by atoms with Crippen molar-refractivity contribution in [3.8, 4) is 5.75 Å². The van der Waals surface area contributed by atoms with Crippen molar-refractivity contribution in [3.05, 3.63) is 117 Å². The minimum atomic E-state index is -3.74. The second kappa shape index (κ2) is 17.1. The zero-order valence-electron chi connectivity index (χ0n) is 28.5. The summed E-state index contributed by atoms with van der Waals surface area (Å²) in [5.41, 5.74) is 1.06. The molecule has 0 heterocycles. The predicted molar refractivity (Wildman–Crippen MR) is 191 cm³/mol. The Labute approximate surface area is 297 Å². The van der Waals surface area contributed by atoms with Gasteiger partial charge in [0.2, 0.25) is 0 Å². The fourth-order valence-corrected chi connectivity index (χ4v) is 8.24. The van der Waals surface area contributed by atoms with Gasteiger partial charge in [-0.25, -0.2) is 13.7 Å². The molecule has 1 N–H and O–H groups in total. The van der Waals surface area contributed by atoms with Gasteiger partial charge in [0.05, 0.1) is 16.1 Å². The Hall–Kier alpha value is -4.30. The summed E-state index contributed by atoms with van der Waals surface area (Å²) in [4.78, 5) is 37.9. The van der Waals surface area contributed by atoms with Gasteiger partial charge >= 0.3 is 11.8 Å². The number of hydrogen-bond acceptors (Lipinski definition) is 9. The molecule has 1 aliphatic rings. The van der Waals surface area contributed by atoms with Crippen molar-refractivity contribution in [3.63, 3.8) is 0 Å². The Morgan fingerprint density at radius 3 is 2.50 bits per heavy atom. The molecule has 0 radical (unpaired) electrons. The Kier molecular flexibility index (Phi) is 13.2. The number of aryl methyl sites for hydroxylation is 1. The number of nitrogens with zero attached hydrogens (tertiary/aromatic N) is 2. The number of methoxy groups -OCH3 is 2. The number of ether oxygens (including phenoxy) is 4. The number of benzene rings is 3. The molecule has 0 saturated carbocycles. The maximum absolute atomic E-state index is 14.0. The molecule has 12 nitrogen and oxygen atoms in total. The lowest BCUT2D eigenvalue weighted by Gasteiger charge is -2.42. The molecule has 14 heteroatoms. The molecular weight excluding hydrogens is 686 g/mol. The quantitative estimate of drug-likeness (QED) is 0.0716. The third-order valence-corrected chi connectivity index (χ3v) is 10.7. The van der Waals surface area contributed by atoms with E-state index < -0.39 is 50.3 Å². The zero-order chi connectivity index (χ0) is 36.5. The molecule has 0 spiro atoms. The van der Waals surface area contributed by atoms with Crippen LogP contribution < -0.4 is 9.46 Å². The number of amides is 2. The molecular formula is C36H42ClN3O9S. The van der Waals surface area contributed by atoms with Gasteiger partial charge in [-0.3, -0.25) is 14.9 Å². The summed E-state index contributed by atoms with van der Waals surface area (Å²) in [5, 5.41) is 12.8. The van der Waals surface area contributed by atoms with Gasteiger partial charge in [0.1, 0.15) is 22.6 Å². The van der Waals surface area contributed by atoms with E-state index in [1.54, 1.807) is 50.3 Å². The first kappa shape index (κ1) is 38.5. The van der Waals surface area contributed by atoms with Crippen LogP contribution in [0.3, 0.4) is 0 Å². The van der Waals surface area contributed by atoms with Crippen molar-refractivity contribution in [2.75, 3.05) is 26.6 Å². The normalized spacial score (nSPS) is 17.8. The Balaban J connectivity index is 1.63. The van der Waals surface area contributed by atoms with Crippen LogP contribution in [0.15, 0.2) is 83.7 Å². The maximum Gasteiger partial charge on any atom is 0.420 e. The molecule has 3 aromatic rings. The van der Waals surface area contributed by atoms with E-state index in [2.05, 4.69) is 15.7 Å². The van der Waals surface area contributed by atoms with Crippen LogP contribution in [0.25, 0.3) is 0 Å². The zero-order valence-corrected chi connectivity index (χ0v) is 30.0. The number of halogens is 1. The van der Waals surface area contributed by atoms with Crippen molar-refractivity contribution < 1.29 is 37.7 Å². The highest BCUT2D eigenvalue weighted by molar-refractivity contribution is 7.92. The van der Waals surface area contributed by atoms with Crippen LogP contribution in [0, 0.1) is 16.0 Å². The van der Waals surface area contributed by atoms with Gasteiger partial charge < -0.3 is 18.9 Å². The van der Waals surface area contributed by atoms with Gasteiger partial charge in [-0.15, -0.1) is 10.9 Å². The number of carbonyl (C=O) groups is 2.